The van der Waals surface area contributed by atoms with Crippen LogP contribution in [0, 0.1) is 0 Å². The number of carbonyl (C=O) groups excluding carboxylic acids is 1. The van der Waals surface area contributed by atoms with E-state index in [1.165, 1.54) is 0 Å². The second-order valence-electron chi connectivity index (χ2n) is 8.63. The maximum Gasteiger partial charge on any atom is 0.199 e. The highest BCUT2D eigenvalue weighted by molar-refractivity contribution is 6.18. The van der Waals surface area contributed by atoms with Crippen molar-refractivity contribution in [3.05, 3.63) is 114 Å². The number of ether oxygens (including phenoxy) is 2. The van der Waals surface area contributed by atoms with Crippen LogP contribution in [0.2, 0.25) is 0 Å². The monoisotopic (exact) mass is 460 g/mol. The Labute approximate surface area is 203 Å². The van der Waals surface area contributed by atoms with Crippen LogP contribution in [0.3, 0.4) is 0 Å². The number of methoxy groups -OCH3 is 2. The van der Waals surface area contributed by atoms with E-state index in [4.69, 9.17) is 9.47 Å². The second kappa shape index (κ2) is 8.06. The zero-order valence-corrected chi connectivity index (χ0v) is 19.5. The summed E-state index contributed by atoms with van der Waals surface area (Å²) in [5.74, 6) is 1.34. The van der Waals surface area contributed by atoms with E-state index in [0.29, 0.717) is 11.3 Å². The molecule has 5 heteroatoms. The van der Waals surface area contributed by atoms with Crippen molar-refractivity contribution in [2.45, 2.75) is 5.54 Å². The lowest BCUT2D eigenvalue weighted by Gasteiger charge is -2.31. The summed E-state index contributed by atoms with van der Waals surface area (Å²) in [6.45, 7) is 0. The van der Waals surface area contributed by atoms with Crippen molar-refractivity contribution in [2.24, 2.45) is 0 Å². The Morgan fingerprint density at radius 3 is 2.11 bits per heavy atom. The van der Waals surface area contributed by atoms with Crippen molar-refractivity contribution < 1.29 is 14.3 Å². The summed E-state index contributed by atoms with van der Waals surface area (Å²) in [4.78, 5) is 18.1. The number of hydrogen-bond acceptors (Lipinski definition) is 4. The summed E-state index contributed by atoms with van der Waals surface area (Å²) in [5, 5.41) is 4.57. The highest BCUT2D eigenvalue weighted by Gasteiger charge is 2.51. The lowest BCUT2D eigenvalue weighted by Crippen LogP contribution is -2.40. The quantitative estimate of drug-likeness (QED) is 0.318. The van der Waals surface area contributed by atoms with Gasteiger partial charge < -0.3 is 19.8 Å². The number of hydrogen-bond donors (Lipinski definition) is 2. The molecule has 1 unspecified atom stereocenters. The molecular formula is C30H24N2O3. The van der Waals surface area contributed by atoms with Crippen LogP contribution in [0.4, 0.5) is 5.69 Å². The fraction of sp³-hybridized carbons (Fsp3) is 0.100. The molecule has 35 heavy (non-hydrogen) atoms. The normalized spacial score (nSPS) is 16.7. The third-order valence-electron chi connectivity index (χ3n) is 6.78. The van der Waals surface area contributed by atoms with Gasteiger partial charge in [0.25, 0.3) is 0 Å². The molecule has 0 bridgehead atoms. The summed E-state index contributed by atoms with van der Waals surface area (Å²) in [7, 11) is 3.26. The average molecular weight is 461 g/mol. The minimum Gasteiger partial charge on any atom is -0.497 e. The zero-order chi connectivity index (χ0) is 24.0. The molecule has 2 N–H and O–H groups in total. The first-order chi connectivity index (χ1) is 17.2. The number of aromatic nitrogens is 1. The molecule has 1 atom stereocenters. The molecule has 1 aliphatic heterocycles. The first-order valence-electron chi connectivity index (χ1n) is 11.5. The molecule has 2 heterocycles. The minimum atomic E-state index is -1.15. The van der Waals surface area contributed by atoms with Crippen molar-refractivity contribution in [3.8, 4) is 22.8 Å². The van der Waals surface area contributed by atoms with Crippen LogP contribution in [-0.4, -0.2) is 25.0 Å². The molecule has 0 radical (unpaired) electrons. The molecule has 0 amide bonds. The first kappa shape index (κ1) is 21.1. The smallest absolute Gasteiger partial charge is 0.199 e. The summed E-state index contributed by atoms with van der Waals surface area (Å²) in [6, 6.07) is 31.5. The number of benzene rings is 4. The Kier molecular flexibility index (Phi) is 4.85. The standard InChI is InChI=1S/C30H24N2O3/c1-34-21-13-15-25-23(17-21)27(28(31-25)19-9-5-3-6-10-19)30(20-11-7-4-8-12-20)29(33)24-18-22(35-2)14-16-26(24)32-30/h3-18,31-32H,1-2H3. The molecule has 6 rings (SSSR count). The average Bonchev–Trinajstić information content (AvgIpc) is 3.44. The van der Waals surface area contributed by atoms with E-state index in [2.05, 4.69) is 22.4 Å². The topological polar surface area (TPSA) is 63.4 Å². The number of anilines is 1. The van der Waals surface area contributed by atoms with Gasteiger partial charge in [0.15, 0.2) is 11.3 Å². The van der Waals surface area contributed by atoms with Crippen molar-refractivity contribution in [1.82, 2.24) is 4.98 Å². The van der Waals surface area contributed by atoms with E-state index in [0.717, 1.165) is 44.7 Å². The van der Waals surface area contributed by atoms with Gasteiger partial charge >= 0.3 is 0 Å². The van der Waals surface area contributed by atoms with Gasteiger partial charge in [-0.15, -0.1) is 0 Å². The summed E-state index contributed by atoms with van der Waals surface area (Å²) < 4.78 is 11.0. The molecule has 0 fully saturated rings. The van der Waals surface area contributed by atoms with Crippen LogP contribution in [0.5, 0.6) is 11.5 Å². The fourth-order valence-corrected chi connectivity index (χ4v) is 5.13. The number of carbonyl (C=O) groups is 1. The van der Waals surface area contributed by atoms with Gasteiger partial charge in [0, 0.05) is 27.7 Å². The number of ketones is 1. The molecule has 5 aromatic rings. The van der Waals surface area contributed by atoms with Gasteiger partial charge in [-0.25, -0.2) is 0 Å². The maximum atomic E-state index is 14.5. The predicted molar refractivity (Wildman–Crippen MR) is 138 cm³/mol. The van der Waals surface area contributed by atoms with Crippen LogP contribution in [0.1, 0.15) is 21.5 Å². The summed E-state index contributed by atoms with van der Waals surface area (Å²) in [5.41, 5.74) is 4.77. The highest BCUT2D eigenvalue weighted by atomic mass is 16.5. The van der Waals surface area contributed by atoms with E-state index in [1.54, 1.807) is 14.2 Å². The Morgan fingerprint density at radius 1 is 0.743 bits per heavy atom. The summed E-state index contributed by atoms with van der Waals surface area (Å²) in [6.07, 6.45) is 0. The molecule has 4 aromatic carbocycles. The maximum absolute atomic E-state index is 14.5. The number of nitrogens with one attached hydrogen (secondary N) is 2. The summed E-state index contributed by atoms with van der Waals surface area (Å²) >= 11 is 0. The van der Waals surface area contributed by atoms with Crippen LogP contribution in [0.25, 0.3) is 22.2 Å². The van der Waals surface area contributed by atoms with Crippen LogP contribution < -0.4 is 14.8 Å². The highest BCUT2D eigenvalue weighted by Crippen LogP contribution is 2.50. The van der Waals surface area contributed by atoms with Gasteiger partial charge in [0.05, 0.1) is 19.9 Å². The Balaban J connectivity index is 1.73. The van der Waals surface area contributed by atoms with Gasteiger partial charge in [-0.2, -0.15) is 0 Å². The minimum absolute atomic E-state index is 0.0292. The lowest BCUT2D eigenvalue weighted by atomic mass is 9.77. The SMILES string of the molecule is COc1ccc2c(c1)C(=O)C(c1ccccc1)(c1c(-c3ccccc3)[nH]c3ccc(OC)cc13)N2. The van der Waals surface area contributed by atoms with Crippen molar-refractivity contribution >= 4 is 22.4 Å². The predicted octanol–water partition coefficient (Wildman–Crippen LogP) is 6.40. The molecule has 0 saturated carbocycles. The van der Waals surface area contributed by atoms with Gasteiger partial charge in [0.1, 0.15) is 11.5 Å². The van der Waals surface area contributed by atoms with Gasteiger partial charge in [-0.05, 0) is 47.5 Å². The Morgan fingerprint density at radius 2 is 1.40 bits per heavy atom. The van der Waals surface area contributed by atoms with Crippen LogP contribution >= 0.6 is 0 Å². The van der Waals surface area contributed by atoms with Crippen molar-refractivity contribution in [3.63, 3.8) is 0 Å². The van der Waals surface area contributed by atoms with E-state index >= 15 is 0 Å². The number of aromatic amines is 1. The Hall–Kier alpha value is -4.51. The molecule has 1 aromatic heterocycles. The van der Waals surface area contributed by atoms with E-state index in [1.807, 2.05) is 84.9 Å². The van der Waals surface area contributed by atoms with Crippen LogP contribution in [-0.2, 0) is 5.54 Å². The second-order valence-corrected chi connectivity index (χ2v) is 8.63. The molecule has 1 aliphatic rings. The van der Waals surface area contributed by atoms with E-state index in [9.17, 15) is 4.79 Å². The number of Topliss-reactive ketones (excluding diaryl/α,β-unsaturated/α-hetero) is 1. The van der Waals surface area contributed by atoms with Gasteiger partial charge in [-0.1, -0.05) is 60.7 Å². The molecule has 0 aliphatic carbocycles. The molecule has 0 saturated heterocycles. The van der Waals surface area contributed by atoms with Gasteiger partial charge in [0.2, 0.25) is 0 Å². The third kappa shape index (κ3) is 3.12. The van der Waals surface area contributed by atoms with Crippen LogP contribution in [0.15, 0.2) is 97.1 Å². The Bertz CT molecular complexity index is 1560. The number of rotatable bonds is 5. The first-order valence-corrected chi connectivity index (χ1v) is 11.5. The zero-order valence-electron chi connectivity index (χ0n) is 19.5. The lowest BCUT2D eigenvalue weighted by molar-refractivity contribution is 0.0941. The van der Waals surface area contributed by atoms with Crippen molar-refractivity contribution in [1.29, 1.82) is 0 Å². The molecule has 172 valence electrons. The third-order valence-corrected chi connectivity index (χ3v) is 6.78. The van der Waals surface area contributed by atoms with E-state index < -0.39 is 5.54 Å². The largest absolute Gasteiger partial charge is 0.497 e. The van der Waals surface area contributed by atoms with Crippen molar-refractivity contribution in [2.75, 3.05) is 19.5 Å². The molecular weight excluding hydrogens is 436 g/mol. The molecule has 5 nitrogen and oxygen atoms in total. The van der Waals surface area contributed by atoms with Gasteiger partial charge in [-0.3, -0.25) is 4.79 Å². The van der Waals surface area contributed by atoms with E-state index in [-0.39, 0.29) is 5.78 Å². The molecule has 0 spiro atoms. The number of fused-ring (bicyclic) bond motifs is 2. The fourth-order valence-electron chi connectivity index (χ4n) is 5.13. The number of H-pyrrole nitrogens is 1.